The molecule has 2 rings (SSSR count). The van der Waals surface area contributed by atoms with Gasteiger partial charge < -0.3 is 36.3 Å². The predicted octanol–water partition coefficient (Wildman–Crippen LogP) is 3.66. The third kappa shape index (κ3) is 12.1. The number of unbranched alkanes of at least 4 members (excludes halogenated alkanes) is 1. The molecule has 0 aliphatic carbocycles. The highest BCUT2D eigenvalue weighted by atomic mass is 16.5. The first-order valence-corrected chi connectivity index (χ1v) is 14.7. The standard InChI is InChI=1S/C34H47N5O5/c1-6-32(34(41)38-25(2)3)39(4)23-29-26(12-10-13-28(29)24-40)11-8-7-9-17-43-19-20-44-18-16-37-22-31(36)27-14-15-30(35)33(21-27)42-5/h10,12-15,21-22,24,32,37H,2,6-7,9,16-20,23,35-36H2,1,3-5H3,(H,38,41)/b31-22-. The molecule has 0 aromatic heterocycles. The number of amides is 1. The number of nitrogen functional groups attached to an aromatic ring is 1. The zero-order valence-corrected chi connectivity index (χ0v) is 26.4. The van der Waals surface area contributed by atoms with Gasteiger partial charge in [-0.2, -0.15) is 0 Å². The Hall–Kier alpha value is -4.30. The summed E-state index contributed by atoms with van der Waals surface area (Å²) in [4.78, 5) is 26.3. The highest BCUT2D eigenvalue weighted by Crippen LogP contribution is 2.24. The lowest BCUT2D eigenvalue weighted by Crippen LogP contribution is -2.44. The molecule has 0 fully saturated rings. The zero-order valence-electron chi connectivity index (χ0n) is 26.4. The number of aldehydes is 1. The maximum Gasteiger partial charge on any atom is 0.241 e. The summed E-state index contributed by atoms with van der Waals surface area (Å²) >= 11 is 0. The molecule has 0 spiro atoms. The molecule has 0 saturated heterocycles. The third-order valence-electron chi connectivity index (χ3n) is 6.71. The molecule has 1 atom stereocenters. The number of anilines is 1. The van der Waals surface area contributed by atoms with Gasteiger partial charge in [-0.25, -0.2) is 0 Å². The lowest BCUT2D eigenvalue weighted by atomic mass is 10.00. The monoisotopic (exact) mass is 605 g/mol. The summed E-state index contributed by atoms with van der Waals surface area (Å²) in [6, 6.07) is 10.5. The van der Waals surface area contributed by atoms with E-state index in [0.29, 0.717) is 80.8 Å². The van der Waals surface area contributed by atoms with Crippen LogP contribution in [0.5, 0.6) is 5.75 Å². The van der Waals surface area contributed by atoms with E-state index in [2.05, 4.69) is 29.1 Å². The second-order valence-corrected chi connectivity index (χ2v) is 10.2. The van der Waals surface area contributed by atoms with Crippen molar-refractivity contribution in [2.75, 3.05) is 52.9 Å². The fourth-order valence-corrected chi connectivity index (χ4v) is 4.39. The number of allylic oxidation sites excluding steroid dienone is 1. The van der Waals surface area contributed by atoms with E-state index in [1.54, 1.807) is 38.4 Å². The highest BCUT2D eigenvalue weighted by Gasteiger charge is 2.23. The van der Waals surface area contributed by atoms with Gasteiger partial charge in [0.2, 0.25) is 5.91 Å². The van der Waals surface area contributed by atoms with Crippen LogP contribution < -0.4 is 26.8 Å². The maximum atomic E-state index is 12.6. The SMILES string of the molecule is C=C(C)NC(=O)C(CC)N(C)Cc1c(C#CCCCOCCOCCN/C=C(\N)c2ccc(N)c(OC)c2)cccc1C=O. The van der Waals surface area contributed by atoms with Crippen molar-refractivity contribution in [3.63, 3.8) is 0 Å². The molecule has 2 aromatic carbocycles. The predicted molar refractivity (Wildman–Crippen MR) is 176 cm³/mol. The number of carbonyl (C=O) groups excluding carboxylic acids is 2. The van der Waals surface area contributed by atoms with Crippen molar-refractivity contribution >= 4 is 23.6 Å². The molecule has 0 bridgehead atoms. The Morgan fingerprint density at radius 1 is 1.16 bits per heavy atom. The molecule has 1 amide bonds. The van der Waals surface area contributed by atoms with Crippen molar-refractivity contribution in [1.82, 2.24) is 15.5 Å². The number of carbonyl (C=O) groups is 2. The lowest BCUT2D eigenvalue weighted by Gasteiger charge is -2.27. The number of ether oxygens (including phenoxy) is 3. The summed E-state index contributed by atoms with van der Waals surface area (Å²) in [5.74, 6) is 6.86. The molecule has 6 N–H and O–H groups in total. The van der Waals surface area contributed by atoms with E-state index in [1.165, 1.54) is 0 Å². The summed E-state index contributed by atoms with van der Waals surface area (Å²) in [7, 11) is 3.44. The molecule has 44 heavy (non-hydrogen) atoms. The smallest absolute Gasteiger partial charge is 0.241 e. The minimum Gasteiger partial charge on any atom is -0.495 e. The van der Waals surface area contributed by atoms with Crippen LogP contribution >= 0.6 is 0 Å². The Balaban J connectivity index is 1.70. The number of methoxy groups -OCH3 is 1. The van der Waals surface area contributed by atoms with Crippen molar-refractivity contribution in [1.29, 1.82) is 0 Å². The van der Waals surface area contributed by atoms with Crippen LogP contribution in [0, 0.1) is 11.8 Å². The summed E-state index contributed by atoms with van der Waals surface area (Å²) in [5.41, 5.74) is 16.7. The number of benzene rings is 2. The van der Waals surface area contributed by atoms with Gasteiger partial charge in [0.15, 0.2) is 0 Å². The largest absolute Gasteiger partial charge is 0.495 e. The molecule has 10 nitrogen and oxygen atoms in total. The van der Waals surface area contributed by atoms with Crippen molar-refractivity contribution < 1.29 is 23.8 Å². The molecule has 0 radical (unpaired) electrons. The number of rotatable bonds is 19. The number of hydrogen-bond donors (Lipinski definition) is 4. The fourth-order valence-electron chi connectivity index (χ4n) is 4.39. The van der Waals surface area contributed by atoms with E-state index < -0.39 is 0 Å². The first kappa shape index (κ1) is 35.9. The van der Waals surface area contributed by atoms with Gasteiger partial charge in [0.1, 0.15) is 12.0 Å². The van der Waals surface area contributed by atoms with Gasteiger partial charge in [-0.1, -0.05) is 43.5 Å². The molecule has 238 valence electrons. The number of nitrogens with zero attached hydrogens (tertiary/aromatic N) is 1. The van der Waals surface area contributed by atoms with Crippen LogP contribution in [0.25, 0.3) is 5.70 Å². The third-order valence-corrected chi connectivity index (χ3v) is 6.71. The van der Waals surface area contributed by atoms with Crippen molar-refractivity contribution in [3.05, 3.63) is 77.1 Å². The summed E-state index contributed by atoms with van der Waals surface area (Å²) in [6.07, 6.45) is 4.61. The summed E-state index contributed by atoms with van der Waals surface area (Å²) in [5, 5.41) is 5.92. The number of nitrogens with one attached hydrogen (secondary N) is 2. The molecule has 2 aromatic rings. The van der Waals surface area contributed by atoms with Gasteiger partial charge in [-0.05, 0) is 50.6 Å². The molecular formula is C34H47N5O5. The van der Waals surface area contributed by atoms with E-state index >= 15 is 0 Å². The second kappa shape index (κ2) is 19.8. The van der Waals surface area contributed by atoms with Gasteiger partial charge >= 0.3 is 0 Å². The van der Waals surface area contributed by atoms with Crippen LogP contribution in [-0.2, 0) is 20.8 Å². The Labute approximate surface area is 261 Å². The van der Waals surface area contributed by atoms with E-state index in [-0.39, 0.29) is 11.9 Å². The molecule has 0 saturated carbocycles. The van der Waals surface area contributed by atoms with E-state index in [4.69, 9.17) is 25.7 Å². The Morgan fingerprint density at radius 3 is 2.59 bits per heavy atom. The van der Waals surface area contributed by atoms with Crippen molar-refractivity contribution in [2.45, 2.75) is 45.7 Å². The Morgan fingerprint density at radius 2 is 1.91 bits per heavy atom. The van der Waals surface area contributed by atoms with E-state index in [0.717, 1.165) is 29.4 Å². The molecule has 10 heteroatoms. The van der Waals surface area contributed by atoms with Crippen LogP contribution in [0.15, 0.2) is 54.9 Å². The van der Waals surface area contributed by atoms with Crippen molar-refractivity contribution in [2.24, 2.45) is 5.73 Å². The number of likely N-dealkylation sites (N-methyl/N-ethyl adjacent to an activating group) is 1. The minimum atomic E-state index is -0.356. The van der Waals surface area contributed by atoms with E-state index in [9.17, 15) is 9.59 Å². The zero-order chi connectivity index (χ0) is 32.3. The van der Waals surface area contributed by atoms with Crippen LogP contribution in [0.3, 0.4) is 0 Å². The van der Waals surface area contributed by atoms with Gasteiger partial charge in [0.05, 0.1) is 44.4 Å². The Kier molecular flexibility index (Phi) is 16.2. The molecule has 0 aliphatic heterocycles. The van der Waals surface area contributed by atoms with Crippen LogP contribution in [0.4, 0.5) is 5.69 Å². The fraction of sp³-hybridized carbons (Fsp3) is 0.412. The molecule has 0 heterocycles. The van der Waals surface area contributed by atoms with E-state index in [1.807, 2.05) is 37.1 Å². The van der Waals surface area contributed by atoms with Crippen LogP contribution in [0.1, 0.15) is 60.2 Å². The quantitative estimate of drug-likeness (QED) is 0.0817. The van der Waals surface area contributed by atoms with Gasteiger partial charge in [-0.15, -0.1) is 0 Å². The topological polar surface area (TPSA) is 141 Å². The van der Waals surface area contributed by atoms with Crippen LogP contribution in [-0.4, -0.2) is 70.3 Å². The summed E-state index contributed by atoms with van der Waals surface area (Å²) < 4.78 is 16.5. The second-order valence-electron chi connectivity index (χ2n) is 10.2. The van der Waals surface area contributed by atoms with Crippen LogP contribution in [0.2, 0.25) is 0 Å². The average molecular weight is 606 g/mol. The number of nitrogens with two attached hydrogens (primary N) is 2. The van der Waals surface area contributed by atoms with Gasteiger partial charge in [-0.3, -0.25) is 14.5 Å². The van der Waals surface area contributed by atoms with Crippen molar-refractivity contribution in [3.8, 4) is 17.6 Å². The number of hydrogen-bond acceptors (Lipinski definition) is 9. The first-order valence-electron chi connectivity index (χ1n) is 14.7. The van der Waals surface area contributed by atoms with Gasteiger partial charge in [0, 0.05) is 54.7 Å². The van der Waals surface area contributed by atoms with Gasteiger partial charge in [0.25, 0.3) is 0 Å². The first-order chi connectivity index (χ1) is 21.2. The Bertz CT molecular complexity index is 1330. The molecular weight excluding hydrogens is 558 g/mol. The molecule has 1 unspecified atom stereocenters. The highest BCUT2D eigenvalue weighted by molar-refractivity contribution is 5.83. The minimum absolute atomic E-state index is 0.116. The summed E-state index contributed by atoms with van der Waals surface area (Å²) in [6.45, 7) is 10.5. The maximum absolute atomic E-state index is 12.6. The lowest BCUT2D eigenvalue weighted by molar-refractivity contribution is -0.125. The average Bonchev–Trinajstić information content (AvgIpc) is 3.00. The normalized spacial score (nSPS) is 11.8. The molecule has 0 aliphatic rings.